The van der Waals surface area contributed by atoms with E-state index in [1.54, 1.807) is 36.4 Å². The van der Waals surface area contributed by atoms with Crippen LogP contribution in [0.4, 0.5) is 13.2 Å². The molecule has 0 saturated carbocycles. The number of rotatable bonds is 10. The lowest BCUT2D eigenvalue weighted by Crippen LogP contribution is -2.56. The van der Waals surface area contributed by atoms with Crippen molar-refractivity contribution in [2.75, 3.05) is 19.6 Å². The van der Waals surface area contributed by atoms with Crippen LogP contribution in [0.15, 0.2) is 97.1 Å². The summed E-state index contributed by atoms with van der Waals surface area (Å²) in [4.78, 5) is 27.7. The number of carbonyl (C=O) groups is 2. The molecule has 4 aromatic carbocycles. The van der Waals surface area contributed by atoms with E-state index in [0.717, 1.165) is 52.1 Å². The number of hydrogen-bond acceptors (Lipinski definition) is 4. The molecule has 9 heteroatoms. The molecule has 6 rings (SSSR count). The number of unbranched alkanes of at least 4 members (excludes halogenated alkanes) is 1. The minimum absolute atomic E-state index is 0.188. The van der Waals surface area contributed by atoms with E-state index < -0.39 is 24.5 Å². The van der Waals surface area contributed by atoms with Gasteiger partial charge in [0.2, 0.25) is 5.91 Å². The van der Waals surface area contributed by atoms with Gasteiger partial charge in [0.1, 0.15) is 18.0 Å². The molecule has 4 aromatic rings. The van der Waals surface area contributed by atoms with Crippen molar-refractivity contribution < 1.29 is 27.5 Å². The topological polar surface area (TPSA) is 61.9 Å². The third-order valence-corrected chi connectivity index (χ3v) is 8.93. The molecule has 0 radical (unpaired) electrons. The predicted molar refractivity (Wildman–Crippen MR) is 175 cm³/mol. The van der Waals surface area contributed by atoms with Gasteiger partial charge in [0.15, 0.2) is 0 Å². The van der Waals surface area contributed by atoms with E-state index in [1.807, 2.05) is 60.7 Å². The molecule has 1 aliphatic carbocycles. The monoisotopic (exact) mass is 641 g/mol. The molecule has 0 bridgehead atoms. The van der Waals surface area contributed by atoms with Crippen LogP contribution in [-0.4, -0.2) is 53.7 Å². The minimum Gasteiger partial charge on any atom is -0.457 e. The lowest BCUT2D eigenvalue weighted by atomic mass is 9.89. The number of benzene rings is 4. The molecule has 1 heterocycles. The molecule has 1 saturated heterocycles. The summed E-state index contributed by atoms with van der Waals surface area (Å²) in [6.07, 6.45) is -1.19. The van der Waals surface area contributed by atoms with E-state index in [9.17, 15) is 22.8 Å². The highest BCUT2D eigenvalue weighted by Gasteiger charge is 2.44. The number of hydrazine groups is 1. The largest absolute Gasteiger partial charge is 0.457 e. The number of halogens is 3. The number of hydrogen-bond donors (Lipinski definition) is 1. The van der Waals surface area contributed by atoms with Crippen molar-refractivity contribution in [1.29, 1.82) is 0 Å². The highest BCUT2D eigenvalue weighted by Crippen LogP contribution is 2.47. The Morgan fingerprint density at radius 2 is 1.55 bits per heavy atom. The molecule has 0 aromatic heterocycles. The molecular formula is C38H38F3N3O3. The van der Waals surface area contributed by atoms with Crippen molar-refractivity contribution >= 4 is 11.8 Å². The number of amides is 2. The van der Waals surface area contributed by atoms with Gasteiger partial charge >= 0.3 is 6.18 Å². The molecule has 2 amide bonds. The number of para-hydroxylation sites is 2. The van der Waals surface area contributed by atoms with E-state index in [2.05, 4.69) is 12.2 Å². The fourth-order valence-electron chi connectivity index (χ4n) is 6.69. The molecule has 244 valence electrons. The first-order chi connectivity index (χ1) is 22.7. The summed E-state index contributed by atoms with van der Waals surface area (Å²) >= 11 is 0. The van der Waals surface area contributed by atoms with Crippen molar-refractivity contribution in [3.8, 4) is 22.6 Å². The standard InChI is InChI=1S/C38H38F3N3O3/c1-2-3-12-26-13-11-19-30-29-16-7-8-17-31(29)35(34(26)30)37(46)44(25-38(39,40)41)43-23-21-27(22-24-43)42-36(45)32-18-9-10-20-33(32)47-28-14-5-4-6-15-28/h4-11,13-20,27,35H,2-3,12,21-25H2,1H3,(H,42,45). The summed E-state index contributed by atoms with van der Waals surface area (Å²) in [7, 11) is 0. The lowest BCUT2D eigenvalue weighted by Gasteiger charge is -2.41. The smallest absolute Gasteiger partial charge is 0.407 e. The Morgan fingerprint density at radius 1 is 0.872 bits per heavy atom. The molecule has 1 aliphatic heterocycles. The van der Waals surface area contributed by atoms with Gasteiger partial charge in [-0.15, -0.1) is 0 Å². The first kappa shape index (κ1) is 32.3. The van der Waals surface area contributed by atoms with Gasteiger partial charge < -0.3 is 10.1 Å². The van der Waals surface area contributed by atoms with Crippen LogP contribution in [0.25, 0.3) is 11.1 Å². The van der Waals surface area contributed by atoms with Gasteiger partial charge in [-0.2, -0.15) is 13.2 Å². The third-order valence-electron chi connectivity index (χ3n) is 8.93. The lowest BCUT2D eigenvalue weighted by molar-refractivity contribution is -0.194. The van der Waals surface area contributed by atoms with Crippen molar-refractivity contribution in [1.82, 2.24) is 15.3 Å². The molecule has 1 atom stereocenters. The number of alkyl halides is 3. The number of ether oxygens (including phenoxy) is 1. The number of nitrogens with one attached hydrogen (secondary N) is 1. The van der Waals surface area contributed by atoms with Crippen LogP contribution in [0.1, 0.15) is 65.6 Å². The molecular weight excluding hydrogens is 603 g/mol. The number of nitrogens with zero attached hydrogens (tertiary/aromatic N) is 2. The van der Waals surface area contributed by atoms with Crippen molar-refractivity contribution in [2.45, 2.75) is 57.2 Å². The number of piperidine rings is 1. The van der Waals surface area contributed by atoms with Gasteiger partial charge in [0, 0.05) is 19.1 Å². The SMILES string of the molecule is CCCCc1cccc2c1C(C(=O)N(CC(F)(F)F)N1CCC(NC(=O)c3ccccc3Oc3ccccc3)CC1)c1ccccc1-2. The summed E-state index contributed by atoms with van der Waals surface area (Å²) in [5.74, 6) is -0.717. The van der Waals surface area contributed by atoms with Crippen LogP contribution in [0.3, 0.4) is 0 Å². The van der Waals surface area contributed by atoms with Crippen molar-refractivity contribution in [2.24, 2.45) is 0 Å². The molecule has 47 heavy (non-hydrogen) atoms. The average molecular weight is 642 g/mol. The van der Waals surface area contributed by atoms with E-state index in [-0.39, 0.29) is 25.0 Å². The quantitative estimate of drug-likeness (QED) is 0.190. The van der Waals surface area contributed by atoms with Gasteiger partial charge in [0.25, 0.3) is 5.91 Å². The van der Waals surface area contributed by atoms with E-state index in [0.29, 0.717) is 29.9 Å². The van der Waals surface area contributed by atoms with Crippen LogP contribution in [0, 0.1) is 0 Å². The Morgan fingerprint density at radius 3 is 2.30 bits per heavy atom. The van der Waals surface area contributed by atoms with Crippen molar-refractivity contribution in [3.05, 3.63) is 119 Å². The summed E-state index contributed by atoms with van der Waals surface area (Å²) in [5.41, 5.74) is 4.73. The van der Waals surface area contributed by atoms with E-state index >= 15 is 0 Å². The molecule has 1 fully saturated rings. The Labute approximate surface area is 273 Å². The maximum absolute atomic E-state index is 14.4. The average Bonchev–Trinajstić information content (AvgIpc) is 3.42. The van der Waals surface area contributed by atoms with Gasteiger partial charge in [-0.3, -0.25) is 14.6 Å². The van der Waals surface area contributed by atoms with Crippen LogP contribution < -0.4 is 10.1 Å². The first-order valence-electron chi connectivity index (χ1n) is 16.2. The van der Waals surface area contributed by atoms with Crippen LogP contribution >= 0.6 is 0 Å². The predicted octanol–water partition coefficient (Wildman–Crippen LogP) is 8.13. The number of fused-ring (bicyclic) bond motifs is 3. The minimum atomic E-state index is -4.59. The fourth-order valence-corrected chi connectivity index (χ4v) is 6.69. The fraction of sp³-hybridized carbons (Fsp3) is 0.316. The summed E-state index contributed by atoms with van der Waals surface area (Å²) < 4.78 is 48.2. The van der Waals surface area contributed by atoms with E-state index in [4.69, 9.17) is 4.74 Å². The highest BCUT2D eigenvalue weighted by atomic mass is 19.4. The zero-order chi connectivity index (χ0) is 33.0. The molecule has 2 aliphatic rings. The molecule has 1 unspecified atom stereocenters. The Bertz CT molecular complexity index is 1720. The van der Waals surface area contributed by atoms with Gasteiger partial charge in [-0.25, -0.2) is 5.01 Å². The number of aryl methyl sites for hydroxylation is 1. The Hall–Kier alpha value is -4.63. The van der Waals surface area contributed by atoms with Gasteiger partial charge in [0.05, 0.1) is 11.5 Å². The maximum Gasteiger partial charge on any atom is 0.407 e. The second-order valence-electron chi connectivity index (χ2n) is 12.1. The third kappa shape index (κ3) is 7.20. The van der Waals surface area contributed by atoms with Gasteiger partial charge in [-0.1, -0.05) is 86.1 Å². The first-order valence-corrected chi connectivity index (χ1v) is 16.2. The summed E-state index contributed by atoms with van der Waals surface area (Å²) in [6.45, 7) is 1.09. The normalized spacial score (nSPS) is 16.3. The summed E-state index contributed by atoms with van der Waals surface area (Å²) in [5, 5.41) is 5.46. The van der Waals surface area contributed by atoms with E-state index in [1.165, 1.54) is 5.01 Å². The zero-order valence-electron chi connectivity index (χ0n) is 26.3. The van der Waals surface area contributed by atoms with Crippen LogP contribution in [0.5, 0.6) is 11.5 Å². The molecule has 1 N–H and O–H groups in total. The van der Waals surface area contributed by atoms with Crippen LogP contribution in [-0.2, 0) is 11.2 Å². The zero-order valence-corrected chi connectivity index (χ0v) is 26.3. The molecule has 6 nitrogen and oxygen atoms in total. The van der Waals surface area contributed by atoms with Crippen LogP contribution in [0.2, 0.25) is 0 Å². The summed E-state index contributed by atoms with van der Waals surface area (Å²) in [6, 6.07) is 29.3. The Kier molecular flexibility index (Phi) is 9.63. The van der Waals surface area contributed by atoms with Gasteiger partial charge in [-0.05, 0) is 77.8 Å². The second kappa shape index (κ2) is 14.0. The molecule has 0 spiro atoms. The number of carbonyl (C=O) groups excluding carboxylic acids is 2. The van der Waals surface area contributed by atoms with Crippen molar-refractivity contribution in [3.63, 3.8) is 0 Å². The maximum atomic E-state index is 14.4. The highest BCUT2D eigenvalue weighted by molar-refractivity contribution is 5.98. The second-order valence-corrected chi connectivity index (χ2v) is 12.1. The Balaban J connectivity index is 1.20.